The minimum Gasteiger partial charge on any atom is -0.375 e. The second-order valence-electron chi connectivity index (χ2n) is 7.43. The highest BCUT2D eigenvalue weighted by Crippen LogP contribution is 2.10. The molecule has 5 heteroatoms. The maximum atomic E-state index is 12.1. The van der Waals surface area contributed by atoms with Crippen LogP contribution in [0, 0.1) is 5.92 Å². The van der Waals surface area contributed by atoms with Gasteiger partial charge in [0, 0.05) is 58.5 Å². The Balaban J connectivity index is 1.56. The molecule has 1 aromatic rings. The molecule has 0 aromatic heterocycles. The van der Waals surface area contributed by atoms with Crippen LogP contribution in [0.1, 0.15) is 20.3 Å². The van der Waals surface area contributed by atoms with Gasteiger partial charge in [-0.2, -0.15) is 0 Å². The van der Waals surface area contributed by atoms with Gasteiger partial charge in [0.05, 0.1) is 6.54 Å². The van der Waals surface area contributed by atoms with Crippen molar-refractivity contribution in [3.63, 3.8) is 0 Å². The number of benzene rings is 1. The molecule has 1 fully saturated rings. The quantitative estimate of drug-likeness (QED) is 0.693. The van der Waals surface area contributed by atoms with Gasteiger partial charge in [0.1, 0.15) is 0 Å². The Morgan fingerprint density at radius 3 is 2.40 bits per heavy atom. The molecule has 0 spiro atoms. The van der Waals surface area contributed by atoms with Gasteiger partial charge >= 0.3 is 0 Å². The third kappa shape index (κ3) is 7.45. The number of piperazine rings is 1. The molecule has 0 saturated carbocycles. The van der Waals surface area contributed by atoms with Crippen LogP contribution in [0.2, 0.25) is 0 Å². The Morgan fingerprint density at radius 1 is 1.12 bits per heavy atom. The molecule has 0 bridgehead atoms. The molecule has 0 atom stereocenters. The number of amides is 1. The Bertz CT molecular complexity index is 498. The van der Waals surface area contributed by atoms with Crippen molar-refractivity contribution in [2.24, 2.45) is 5.92 Å². The molecule has 1 saturated heterocycles. The largest absolute Gasteiger partial charge is 0.375 e. The van der Waals surface area contributed by atoms with Crippen LogP contribution in [-0.4, -0.2) is 75.1 Å². The highest BCUT2D eigenvalue weighted by molar-refractivity contribution is 5.78. The number of nitrogens with zero attached hydrogens (tertiary/aromatic N) is 3. The zero-order valence-corrected chi connectivity index (χ0v) is 16.1. The molecule has 25 heavy (non-hydrogen) atoms. The summed E-state index contributed by atoms with van der Waals surface area (Å²) < 4.78 is 0. The Kier molecular flexibility index (Phi) is 8.22. The van der Waals surface area contributed by atoms with E-state index < -0.39 is 0 Å². The molecular formula is C20H34N4O. The van der Waals surface area contributed by atoms with E-state index in [2.05, 4.69) is 65.2 Å². The number of hydrogen-bond donors (Lipinski definition) is 1. The fraction of sp³-hybridized carbons (Fsp3) is 0.650. The lowest BCUT2D eigenvalue weighted by atomic mass is 10.2. The first-order chi connectivity index (χ1) is 12.0. The topological polar surface area (TPSA) is 38.8 Å². The van der Waals surface area contributed by atoms with Crippen LogP contribution in [0.15, 0.2) is 30.3 Å². The number of para-hydroxylation sites is 1. The second kappa shape index (κ2) is 10.4. The average molecular weight is 347 g/mol. The molecule has 1 N–H and O–H groups in total. The first-order valence-corrected chi connectivity index (χ1v) is 9.52. The van der Waals surface area contributed by atoms with Crippen LogP contribution in [0.3, 0.4) is 0 Å². The molecule has 1 heterocycles. The van der Waals surface area contributed by atoms with Crippen LogP contribution in [0.5, 0.6) is 0 Å². The number of hydrogen-bond acceptors (Lipinski definition) is 4. The Hall–Kier alpha value is -1.59. The van der Waals surface area contributed by atoms with Gasteiger partial charge in [-0.25, -0.2) is 0 Å². The lowest BCUT2D eigenvalue weighted by Crippen LogP contribution is -2.50. The van der Waals surface area contributed by atoms with Crippen LogP contribution >= 0.6 is 0 Å². The molecule has 1 aliphatic heterocycles. The van der Waals surface area contributed by atoms with Crippen molar-refractivity contribution in [1.29, 1.82) is 0 Å². The van der Waals surface area contributed by atoms with Gasteiger partial charge < -0.3 is 15.1 Å². The normalized spacial score (nSPS) is 16.2. The maximum absolute atomic E-state index is 12.1. The van der Waals surface area contributed by atoms with Crippen molar-refractivity contribution in [2.75, 3.05) is 64.3 Å². The predicted molar refractivity (Wildman–Crippen MR) is 105 cm³/mol. The molecular weight excluding hydrogens is 312 g/mol. The predicted octanol–water partition coefficient (Wildman–Crippen LogP) is 1.90. The van der Waals surface area contributed by atoms with E-state index in [1.54, 1.807) is 0 Å². The number of anilines is 1. The Labute approximate surface area is 153 Å². The highest BCUT2D eigenvalue weighted by Gasteiger charge is 2.19. The fourth-order valence-electron chi connectivity index (χ4n) is 3.26. The van der Waals surface area contributed by atoms with Crippen LogP contribution in [-0.2, 0) is 4.79 Å². The van der Waals surface area contributed by atoms with Crippen molar-refractivity contribution in [1.82, 2.24) is 15.1 Å². The number of carbonyl (C=O) groups excluding carboxylic acids is 1. The summed E-state index contributed by atoms with van der Waals surface area (Å²) in [4.78, 5) is 19.1. The van der Waals surface area contributed by atoms with Crippen molar-refractivity contribution in [3.05, 3.63) is 30.3 Å². The van der Waals surface area contributed by atoms with Crippen molar-refractivity contribution in [3.8, 4) is 0 Å². The van der Waals surface area contributed by atoms with E-state index in [0.717, 1.165) is 52.2 Å². The summed E-state index contributed by atoms with van der Waals surface area (Å²) >= 11 is 0. The summed E-state index contributed by atoms with van der Waals surface area (Å²) in [5.41, 5.74) is 1.22. The van der Waals surface area contributed by atoms with Gasteiger partial charge in [-0.1, -0.05) is 32.0 Å². The summed E-state index contributed by atoms with van der Waals surface area (Å²) in [5, 5.41) is 3.06. The van der Waals surface area contributed by atoms with E-state index in [1.807, 2.05) is 6.07 Å². The lowest BCUT2D eigenvalue weighted by molar-refractivity contribution is -0.122. The van der Waals surface area contributed by atoms with Crippen LogP contribution < -0.4 is 10.2 Å². The van der Waals surface area contributed by atoms with Crippen molar-refractivity contribution >= 4 is 11.6 Å². The Morgan fingerprint density at radius 2 is 1.76 bits per heavy atom. The first-order valence-electron chi connectivity index (χ1n) is 9.52. The van der Waals surface area contributed by atoms with Gasteiger partial charge in [0.2, 0.25) is 5.91 Å². The van der Waals surface area contributed by atoms with Crippen LogP contribution in [0.4, 0.5) is 5.69 Å². The minimum absolute atomic E-state index is 0.152. The maximum Gasteiger partial charge on any atom is 0.234 e. The third-order valence-corrected chi connectivity index (χ3v) is 4.64. The van der Waals surface area contributed by atoms with E-state index in [-0.39, 0.29) is 5.91 Å². The van der Waals surface area contributed by atoms with Gasteiger partial charge in [-0.3, -0.25) is 9.69 Å². The van der Waals surface area contributed by atoms with Gasteiger partial charge in [-0.15, -0.1) is 0 Å². The summed E-state index contributed by atoms with van der Waals surface area (Å²) in [7, 11) is 2.09. The lowest BCUT2D eigenvalue weighted by Gasteiger charge is -2.35. The third-order valence-electron chi connectivity index (χ3n) is 4.64. The summed E-state index contributed by atoms with van der Waals surface area (Å²) in [6.07, 6.45) is 0.958. The zero-order valence-electron chi connectivity index (χ0n) is 16.1. The molecule has 2 rings (SSSR count). The van der Waals surface area contributed by atoms with E-state index in [4.69, 9.17) is 0 Å². The SMILES string of the molecule is CC(C)CN1CCN(CC(=O)NCCCN(C)c2ccccc2)CC1. The number of carbonyl (C=O) groups is 1. The average Bonchev–Trinajstić information content (AvgIpc) is 2.60. The van der Waals surface area contributed by atoms with Crippen LogP contribution in [0.25, 0.3) is 0 Å². The monoisotopic (exact) mass is 346 g/mol. The molecule has 140 valence electrons. The van der Waals surface area contributed by atoms with E-state index in [9.17, 15) is 4.79 Å². The molecule has 1 aromatic carbocycles. The standard InChI is InChI=1S/C20H34N4O/c1-18(2)16-23-12-14-24(15-13-23)17-20(25)21-10-7-11-22(3)19-8-5-4-6-9-19/h4-6,8-9,18H,7,10-17H2,1-3H3,(H,21,25). The molecule has 1 amide bonds. The van der Waals surface area contributed by atoms with Gasteiger partial charge in [-0.05, 0) is 24.5 Å². The number of rotatable bonds is 9. The van der Waals surface area contributed by atoms with E-state index >= 15 is 0 Å². The summed E-state index contributed by atoms with van der Waals surface area (Å²) in [6.45, 7) is 12.0. The van der Waals surface area contributed by atoms with E-state index in [1.165, 1.54) is 5.69 Å². The summed E-state index contributed by atoms with van der Waals surface area (Å²) in [5.74, 6) is 0.864. The van der Waals surface area contributed by atoms with Crippen molar-refractivity contribution in [2.45, 2.75) is 20.3 Å². The molecule has 1 aliphatic rings. The van der Waals surface area contributed by atoms with Crippen molar-refractivity contribution < 1.29 is 4.79 Å². The second-order valence-corrected chi connectivity index (χ2v) is 7.43. The zero-order chi connectivity index (χ0) is 18.1. The highest BCUT2D eigenvalue weighted by atomic mass is 16.2. The molecule has 0 radical (unpaired) electrons. The first kappa shape index (κ1) is 19.7. The smallest absolute Gasteiger partial charge is 0.234 e. The minimum atomic E-state index is 0.152. The van der Waals surface area contributed by atoms with E-state index in [0.29, 0.717) is 12.5 Å². The number of nitrogens with one attached hydrogen (secondary N) is 1. The molecule has 0 aliphatic carbocycles. The fourth-order valence-corrected chi connectivity index (χ4v) is 3.26. The summed E-state index contributed by atoms with van der Waals surface area (Å²) in [6, 6.07) is 10.3. The van der Waals surface area contributed by atoms with Gasteiger partial charge in [0.15, 0.2) is 0 Å². The molecule has 0 unspecified atom stereocenters. The molecule has 5 nitrogen and oxygen atoms in total. The van der Waals surface area contributed by atoms with Gasteiger partial charge in [0.25, 0.3) is 0 Å².